The number of hydrogen-bond donors (Lipinski definition) is 1. The van der Waals surface area contributed by atoms with Crippen LogP contribution in [0.5, 0.6) is 11.5 Å². The maximum Gasteiger partial charge on any atom is 0.341 e. The van der Waals surface area contributed by atoms with Gasteiger partial charge in [-0.15, -0.1) is 11.8 Å². The maximum absolute atomic E-state index is 11.8. The van der Waals surface area contributed by atoms with E-state index in [0.717, 1.165) is 27.9 Å². The molecule has 0 amide bonds. The smallest absolute Gasteiger partial charge is 0.341 e. The quantitative estimate of drug-likeness (QED) is 0.319. The van der Waals surface area contributed by atoms with Crippen molar-refractivity contribution in [1.29, 1.82) is 0 Å². The summed E-state index contributed by atoms with van der Waals surface area (Å²) in [5, 5.41) is 8.78. The first-order chi connectivity index (χ1) is 15.7. The molecule has 3 aromatic rings. The largest absolute Gasteiger partial charge is 0.482 e. The van der Waals surface area contributed by atoms with Crippen molar-refractivity contribution < 1.29 is 27.2 Å². The van der Waals surface area contributed by atoms with Crippen LogP contribution in [0.4, 0.5) is 0 Å². The Labute approximate surface area is 198 Å². The Morgan fingerprint density at radius 3 is 2.36 bits per heavy atom. The van der Waals surface area contributed by atoms with E-state index in [1.165, 1.54) is 0 Å². The van der Waals surface area contributed by atoms with E-state index >= 15 is 0 Å². The normalized spacial score (nSPS) is 11.8. The lowest BCUT2D eigenvalue weighted by Crippen LogP contribution is -2.09. The van der Waals surface area contributed by atoms with Crippen LogP contribution in [0.3, 0.4) is 0 Å². The molecule has 0 atom stereocenters. The van der Waals surface area contributed by atoms with Crippen LogP contribution >= 0.6 is 11.8 Å². The molecule has 6 nitrogen and oxygen atoms in total. The van der Waals surface area contributed by atoms with E-state index in [4.69, 9.17) is 14.0 Å². The van der Waals surface area contributed by atoms with E-state index in [1.807, 2.05) is 67.6 Å². The average molecular weight is 485 g/mol. The number of benzene rings is 3. The molecule has 33 heavy (non-hydrogen) atoms. The minimum absolute atomic E-state index is 0.274. The molecule has 172 valence electrons. The van der Waals surface area contributed by atoms with Crippen molar-refractivity contribution in [2.75, 3.05) is 18.6 Å². The fourth-order valence-electron chi connectivity index (χ4n) is 3.16. The van der Waals surface area contributed by atoms with Crippen molar-refractivity contribution in [1.82, 2.24) is 0 Å². The van der Waals surface area contributed by atoms with E-state index in [-0.39, 0.29) is 12.4 Å². The van der Waals surface area contributed by atoms with Gasteiger partial charge >= 0.3 is 16.1 Å². The van der Waals surface area contributed by atoms with Crippen LogP contribution in [0.1, 0.15) is 16.7 Å². The van der Waals surface area contributed by atoms with Gasteiger partial charge in [-0.2, -0.15) is 8.42 Å². The predicted octanol–water partition coefficient (Wildman–Crippen LogP) is 5.02. The molecule has 0 fully saturated rings. The lowest BCUT2D eigenvalue weighted by molar-refractivity contribution is -0.139. The highest BCUT2D eigenvalue weighted by Gasteiger charge is 2.14. The van der Waals surface area contributed by atoms with E-state index in [1.54, 1.807) is 30.0 Å². The molecular formula is C25H24O6S2. The molecule has 0 spiro atoms. The van der Waals surface area contributed by atoms with Gasteiger partial charge in [-0.05, 0) is 47.9 Å². The van der Waals surface area contributed by atoms with Gasteiger partial charge in [-0.1, -0.05) is 54.6 Å². The van der Waals surface area contributed by atoms with Crippen molar-refractivity contribution in [3.63, 3.8) is 0 Å². The van der Waals surface area contributed by atoms with E-state index < -0.39 is 16.1 Å². The minimum Gasteiger partial charge on any atom is -0.482 e. The highest BCUT2D eigenvalue weighted by Crippen LogP contribution is 2.33. The zero-order chi connectivity index (χ0) is 23.8. The Bertz CT molecular complexity index is 1250. The molecule has 1 N–H and O–H groups in total. The first kappa shape index (κ1) is 24.4. The van der Waals surface area contributed by atoms with Crippen LogP contribution in [-0.4, -0.2) is 38.1 Å². The average Bonchev–Trinajstić information content (AvgIpc) is 2.76. The third-order valence-electron chi connectivity index (χ3n) is 4.54. The molecule has 0 saturated heterocycles. The highest BCUT2D eigenvalue weighted by atomic mass is 32.2. The summed E-state index contributed by atoms with van der Waals surface area (Å²) in [6.45, 7) is 1.48. The molecule has 0 saturated carbocycles. The number of rotatable bonds is 10. The molecule has 0 heterocycles. The Morgan fingerprint density at radius 1 is 1.00 bits per heavy atom. The zero-order valence-electron chi connectivity index (χ0n) is 18.2. The lowest BCUT2D eigenvalue weighted by atomic mass is 9.97. The number of para-hydroxylation sites is 1. The molecule has 3 rings (SSSR count). The van der Waals surface area contributed by atoms with Crippen molar-refractivity contribution in [2.45, 2.75) is 11.8 Å². The van der Waals surface area contributed by atoms with Gasteiger partial charge in [0, 0.05) is 16.2 Å². The van der Waals surface area contributed by atoms with Gasteiger partial charge in [0.1, 0.15) is 11.5 Å². The topological polar surface area (TPSA) is 89.9 Å². The lowest BCUT2D eigenvalue weighted by Gasteiger charge is -2.14. The van der Waals surface area contributed by atoms with E-state index in [0.29, 0.717) is 17.1 Å². The van der Waals surface area contributed by atoms with E-state index in [2.05, 4.69) is 0 Å². The Kier molecular flexibility index (Phi) is 8.19. The predicted molar refractivity (Wildman–Crippen MR) is 130 cm³/mol. The summed E-state index contributed by atoms with van der Waals surface area (Å²) in [4.78, 5) is 11.7. The molecule has 0 aliphatic heterocycles. The monoisotopic (exact) mass is 484 g/mol. The highest BCUT2D eigenvalue weighted by molar-refractivity contribution is 7.99. The van der Waals surface area contributed by atoms with E-state index in [9.17, 15) is 13.2 Å². The summed E-state index contributed by atoms with van der Waals surface area (Å²) in [6, 6.07) is 22.3. The molecule has 0 unspecified atom stereocenters. The van der Waals surface area contributed by atoms with Crippen LogP contribution < -0.4 is 8.92 Å². The summed E-state index contributed by atoms with van der Waals surface area (Å²) >= 11 is 1.60. The Balaban J connectivity index is 1.86. The molecule has 8 heteroatoms. The van der Waals surface area contributed by atoms with Gasteiger partial charge in [-0.3, -0.25) is 0 Å². The Morgan fingerprint density at radius 2 is 1.70 bits per heavy atom. The molecule has 0 bridgehead atoms. The second-order valence-corrected chi connectivity index (χ2v) is 9.86. The molecule has 0 radical (unpaired) electrons. The van der Waals surface area contributed by atoms with Gasteiger partial charge < -0.3 is 14.0 Å². The van der Waals surface area contributed by atoms with Gasteiger partial charge in [0.15, 0.2) is 6.61 Å². The molecule has 0 aliphatic rings. The second-order valence-electron chi connectivity index (χ2n) is 7.19. The van der Waals surface area contributed by atoms with Crippen molar-refractivity contribution in [3.8, 4) is 11.5 Å². The van der Waals surface area contributed by atoms with Crippen LogP contribution in [0.15, 0.2) is 83.8 Å². The Hall–Kier alpha value is -3.23. The third-order valence-corrected chi connectivity index (χ3v) is 5.94. The van der Waals surface area contributed by atoms with Gasteiger partial charge in [0.2, 0.25) is 0 Å². The van der Waals surface area contributed by atoms with Crippen LogP contribution in [0.2, 0.25) is 0 Å². The minimum atomic E-state index is -3.68. The van der Waals surface area contributed by atoms with Crippen LogP contribution in [0, 0.1) is 6.92 Å². The summed E-state index contributed by atoms with van der Waals surface area (Å²) in [5.74, 6) is 0.406. The second kappa shape index (κ2) is 11.1. The number of aryl methyl sites for hydroxylation is 1. The third kappa shape index (κ3) is 7.40. The molecule has 3 aromatic carbocycles. The number of thioether (sulfide) groups is 1. The number of ether oxygens (including phenoxy) is 1. The van der Waals surface area contributed by atoms with Crippen molar-refractivity contribution >= 4 is 33.4 Å². The SMILES string of the molecule is Cc1cc(SCC=C(c2ccccc2)c2ccccc2OS(C)(=O)=O)ccc1OCC(=O)O. The van der Waals surface area contributed by atoms with Crippen molar-refractivity contribution in [3.05, 3.63) is 95.6 Å². The number of hydrogen-bond acceptors (Lipinski definition) is 6. The summed E-state index contributed by atoms with van der Waals surface area (Å²) < 4.78 is 34.0. The zero-order valence-corrected chi connectivity index (χ0v) is 19.9. The fraction of sp³-hybridized carbons (Fsp3) is 0.160. The maximum atomic E-state index is 11.8. The molecule has 0 aliphatic carbocycles. The number of aliphatic carboxylic acids is 1. The van der Waals surface area contributed by atoms with Gasteiger partial charge in [0.25, 0.3) is 0 Å². The first-order valence-electron chi connectivity index (χ1n) is 10.1. The summed E-state index contributed by atoms with van der Waals surface area (Å²) in [6.07, 6.45) is 3.06. The number of carboxylic acid groups (broad SMARTS) is 1. The van der Waals surface area contributed by atoms with Gasteiger partial charge in [-0.25, -0.2) is 4.79 Å². The van der Waals surface area contributed by atoms with Crippen molar-refractivity contribution in [2.24, 2.45) is 0 Å². The standard InChI is InChI=1S/C25H24O6S2/c1-18-16-20(12-13-23(18)30-17-25(26)27)32-15-14-21(19-8-4-3-5-9-19)22-10-6-7-11-24(22)31-33(2,28)29/h3-14,16H,15,17H2,1-2H3,(H,26,27). The first-order valence-corrected chi connectivity index (χ1v) is 12.9. The number of carboxylic acids is 1. The fourth-order valence-corrected chi connectivity index (χ4v) is 4.50. The summed E-state index contributed by atoms with van der Waals surface area (Å²) in [5.41, 5.74) is 3.33. The molecular weight excluding hydrogens is 460 g/mol. The van der Waals surface area contributed by atoms with Crippen LogP contribution in [0.25, 0.3) is 5.57 Å². The van der Waals surface area contributed by atoms with Gasteiger partial charge in [0.05, 0.1) is 6.26 Å². The molecule has 0 aromatic heterocycles. The van der Waals surface area contributed by atoms with Crippen LogP contribution in [-0.2, 0) is 14.9 Å². The summed E-state index contributed by atoms with van der Waals surface area (Å²) in [7, 11) is -3.68. The number of carbonyl (C=O) groups is 1.